The van der Waals surface area contributed by atoms with E-state index in [1.807, 2.05) is 24.3 Å². The van der Waals surface area contributed by atoms with Crippen LogP contribution in [0.1, 0.15) is 0 Å². The molecule has 0 saturated heterocycles. The van der Waals surface area contributed by atoms with Gasteiger partial charge in [0, 0.05) is 22.3 Å². The van der Waals surface area contributed by atoms with E-state index in [4.69, 9.17) is 0 Å². The van der Waals surface area contributed by atoms with E-state index in [2.05, 4.69) is 25.9 Å². The molecule has 0 atom stereocenters. The van der Waals surface area contributed by atoms with Crippen LogP contribution >= 0.6 is 15.9 Å². The van der Waals surface area contributed by atoms with Crippen molar-refractivity contribution in [3.63, 3.8) is 0 Å². The summed E-state index contributed by atoms with van der Waals surface area (Å²) in [6, 6.07) is 13.0. The number of aromatic nitrogens is 2. The average Bonchev–Trinajstić information content (AvgIpc) is 2.39. The maximum Gasteiger partial charge on any atom is 0.163 e. The highest BCUT2D eigenvalue weighted by Gasteiger charge is 2.06. The van der Waals surface area contributed by atoms with Crippen LogP contribution in [-0.2, 0) is 0 Å². The molecule has 18 heavy (non-hydrogen) atoms. The third kappa shape index (κ3) is 1.95. The molecule has 0 saturated carbocycles. The number of aromatic hydroxyl groups is 1. The fourth-order valence-corrected chi connectivity index (χ4v) is 2.07. The van der Waals surface area contributed by atoms with Gasteiger partial charge in [0.2, 0.25) is 0 Å². The highest BCUT2D eigenvalue weighted by Crippen LogP contribution is 2.28. The SMILES string of the molecule is Oc1cc(-c2ccc(Br)cc2)nc2ncccc12. The molecule has 3 nitrogen and oxygen atoms in total. The van der Waals surface area contributed by atoms with Gasteiger partial charge in [-0.1, -0.05) is 28.1 Å². The zero-order valence-electron chi connectivity index (χ0n) is 9.34. The summed E-state index contributed by atoms with van der Waals surface area (Å²) in [7, 11) is 0. The molecule has 2 heterocycles. The first-order valence-electron chi connectivity index (χ1n) is 5.45. The first-order valence-corrected chi connectivity index (χ1v) is 6.24. The van der Waals surface area contributed by atoms with Gasteiger partial charge < -0.3 is 5.11 Å². The van der Waals surface area contributed by atoms with Crippen LogP contribution in [0.5, 0.6) is 5.75 Å². The maximum absolute atomic E-state index is 9.98. The number of benzene rings is 1. The Hall–Kier alpha value is -1.94. The molecule has 1 aromatic carbocycles. The van der Waals surface area contributed by atoms with Crippen molar-refractivity contribution < 1.29 is 5.11 Å². The number of rotatable bonds is 1. The fourth-order valence-electron chi connectivity index (χ4n) is 1.81. The lowest BCUT2D eigenvalue weighted by molar-refractivity contribution is 0.481. The van der Waals surface area contributed by atoms with Gasteiger partial charge in [-0.15, -0.1) is 0 Å². The minimum absolute atomic E-state index is 0.200. The molecule has 3 rings (SSSR count). The van der Waals surface area contributed by atoms with E-state index in [0.29, 0.717) is 16.7 Å². The van der Waals surface area contributed by atoms with Crippen LogP contribution in [0, 0.1) is 0 Å². The number of fused-ring (bicyclic) bond motifs is 1. The molecule has 0 spiro atoms. The van der Waals surface area contributed by atoms with Gasteiger partial charge in [0.05, 0.1) is 11.1 Å². The van der Waals surface area contributed by atoms with E-state index < -0.39 is 0 Å². The Morgan fingerprint density at radius 2 is 1.83 bits per heavy atom. The zero-order chi connectivity index (χ0) is 12.5. The molecular weight excluding hydrogens is 292 g/mol. The van der Waals surface area contributed by atoms with Crippen molar-refractivity contribution in [3.8, 4) is 17.0 Å². The predicted molar refractivity (Wildman–Crippen MR) is 74.3 cm³/mol. The Kier molecular flexibility index (Phi) is 2.72. The van der Waals surface area contributed by atoms with Gasteiger partial charge in [0.1, 0.15) is 5.75 Å². The van der Waals surface area contributed by atoms with Gasteiger partial charge in [-0.25, -0.2) is 9.97 Å². The van der Waals surface area contributed by atoms with Crippen LogP contribution in [0.25, 0.3) is 22.3 Å². The van der Waals surface area contributed by atoms with E-state index in [9.17, 15) is 5.11 Å². The van der Waals surface area contributed by atoms with Crippen LogP contribution in [0.4, 0.5) is 0 Å². The first kappa shape index (κ1) is 11.2. The van der Waals surface area contributed by atoms with Gasteiger partial charge in [0.25, 0.3) is 0 Å². The Balaban J connectivity index is 2.21. The summed E-state index contributed by atoms with van der Waals surface area (Å²) in [5.41, 5.74) is 2.21. The van der Waals surface area contributed by atoms with Crippen LogP contribution < -0.4 is 0 Å². The lowest BCUT2D eigenvalue weighted by Gasteiger charge is -2.05. The molecule has 0 unspecified atom stereocenters. The molecule has 0 bridgehead atoms. The largest absolute Gasteiger partial charge is 0.507 e. The van der Waals surface area contributed by atoms with Crippen molar-refractivity contribution in [1.82, 2.24) is 9.97 Å². The molecule has 0 aliphatic rings. The highest BCUT2D eigenvalue weighted by atomic mass is 79.9. The van der Waals surface area contributed by atoms with Gasteiger partial charge in [-0.05, 0) is 24.3 Å². The quantitative estimate of drug-likeness (QED) is 0.744. The minimum atomic E-state index is 0.200. The second-order valence-corrected chi connectivity index (χ2v) is 4.82. The molecule has 88 valence electrons. The summed E-state index contributed by atoms with van der Waals surface area (Å²) in [5, 5.41) is 10.6. The smallest absolute Gasteiger partial charge is 0.163 e. The molecule has 0 radical (unpaired) electrons. The second kappa shape index (κ2) is 4.38. The Labute approximate surface area is 112 Å². The van der Waals surface area contributed by atoms with Crippen LogP contribution in [0.15, 0.2) is 53.1 Å². The van der Waals surface area contributed by atoms with Crippen molar-refractivity contribution in [2.75, 3.05) is 0 Å². The Bertz CT molecular complexity index is 711. The molecule has 0 aliphatic carbocycles. The number of hydrogen-bond acceptors (Lipinski definition) is 3. The minimum Gasteiger partial charge on any atom is -0.507 e. The average molecular weight is 301 g/mol. The van der Waals surface area contributed by atoms with Gasteiger partial charge >= 0.3 is 0 Å². The molecule has 0 fully saturated rings. The van der Waals surface area contributed by atoms with E-state index in [0.717, 1.165) is 10.0 Å². The number of hydrogen-bond donors (Lipinski definition) is 1. The molecule has 0 amide bonds. The monoisotopic (exact) mass is 300 g/mol. The number of halogens is 1. The molecule has 1 N–H and O–H groups in total. The van der Waals surface area contributed by atoms with Crippen LogP contribution in [0.3, 0.4) is 0 Å². The highest BCUT2D eigenvalue weighted by molar-refractivity contribution is 9.10. The van der Waals surface area contributed by atoms with Crippen molar-refractivity contribution in [2.45, 2.75) is 0 Å². The van der Waals surface area contributed by atoms with E-state index in [1.165, 1.54) is 0 Å². The topological polar surface area (TPSA) is 46.0 Å². The Morgan fingerprint density at radius 3 is 2.61 bits per heavy atom. The standard InChI is InChI=1S/C14H9BrN2O/c15-10-5-3-9(4-6-10)12-8-13(18)11-2-1-7-16-14(11)17-12/h1-8H,(H,16,17,18). The van der Waals surface area contributed by atoms with Crippen molar-refractivity contribution >= 4 is 27.0 Å². The predicted octanol–water partition coefficient (Wildman–Crippen LogP) is 3.76. The normalized spacial score (nSPS) is 10.7. The maximum atomic E-state index is 9.98. The van der Waals surface area contributed by atoms with Gasteiger partial charge in [-0.3, -0.25) is 0 Å². The van der Waals surface area contributed by atoms with E-state index in [1.54, 1.807) is 24.4 Å². The van der Waals surface area contributed by atoms with Crippen molar-refractivity contribution in [2.24, 2.45) is 0 Å². The van der Waals surface area contributed by atoms with Crippen LogP contribution in [0.2, 0.25) is 0 Å². The van der Waals surface area contributed by atoms with Crippen molar-refractivity contribution in [1.29, 1.82) is 0 Å². The van der Waals surface area contributed by atoms with Crippen molar-refractivity contribution in [3.05, 3.63) is 53.1 Å². The summed E-state index contributed by atoms with van der Waals surface area (Å²) in [4.78, 5) is 8.61. The third-order valence-corrected chi connectivity index (χ3v) is 3.23. The third-order valence-electron chi connectivity index (χ3n) is 2.70. The second-order valence-electron chi connectivity index (χ2n) is 3.91. The summed E-state index contributed by atoms with van der Waals surface area (Å²) >= 11 is 3.39. The summed E-state index contributed by atoms with van der Waals surface area (Å²) in [6.07, 6.45) is 1.67. The van der Waals surface area contributed by atoms with Gasteiger partial charge in [-0.2, -0.15) is 0 Å². The van der Waals surface area contributed by atoms with E-state index >= 15 is 0 Å². The lowest BCUT2D eigenvalue weighted by Crippen LogP contribution is -1.88. The summed E-state index contributed by atoms with van der Waals surface area (Å²) in [5.74, 6) is 0.200. The van der Waals surface area contributed by atoms with E-state index in [-0.39, 0.29) is 5.75 Å². The lowest BCUT2D eigenvalue weighted by atomic mass is 10.1. The number of pyridine rings is 2. The molecule has 4 heteroatoms. The summed E-state index contributed by atoms with van der Waals surface area (Å²) in [6.45, 7) is 0. The summed E-state index contributed by atoms with van der Waals surface area (Å²) < 4.78 is 1.01. The molecule has 3 aromatic rings. The first-order chi connectivity index (χ1) is 8.74. The molecular formula is C14H9BrN2O. The number of nitrogens with zero attached hydrogens (tertiary/aromatic N) is 2. The fraction of sp³-hybridized carbons (Fsp3) is 0. The molecule has 2 aromatic heterocycles. The molecule has 0 aliphatic heterocycles. The Morgan fingerprint density at radius 1 is 1.06 bits per heavy atom. The van der Waals surface area contributed by atoms with Crippen LogP contribution in [-0.4, -0.2) is 15.1 Å². The zero-order valence-corrected chi connectivity index (χ0v) is 10.9. The van der Waals surface area contributed by atoms with Gasteiger partial charge in [0.15, 0.2) is 5.65 Å².